The Kier molecular flexibility index (Phi) is 7.50. The van der Waals surface area contributed by atoms with Crippen LogP contribution in [0.25, 0.3) is 0 Å². The van der Waals surface area contributed by atoms with Crippen molar-refractivity contribution < 1.29 is 13.2 Å². The smallest absolute Gasteiger partial charge is 0.191 e. The second-order valence-electron chi connectivity index (χ2n) is 6.03. The number of nitrogens with zero attached hydrogens (tertiary/aromatic N) is 1. The number of nitrogens with one attached hydrogen (secondary N) is 2. The van der Waals surface area contributed by atoms with Gasteiger partial charge in [-0.2, -0.15) is 0 Å². The molecule has 2 N–H and O–H groups in total. The molecule has 6 nitrogen and oxygen atoms in total. The van der Waals surface area contributed by atoms with Gasteiger partial charge >= 0.3 is 0 Å². The second kappa shape index (κ2) is 9.62. The van der Waals surface area contributed by atoms with Crippen molar-refractivity contribution in [3.8, 4) is 5.75 Å². The summed E-state index contributed by atoms with van der Waals surface area (Å²) in [5, 5.41) is 6.99. The molecule has 146 valence electrons. The highest BCUT2D eigenvalue weighted by Crippen LogP contribution is 2.17. The molecule has 0 saturated carbocycles. The van der Waals surface area contributed by atoms with Crippen molar-refractivity contribution >= 4 is 27.4 Å². The molecule has 0 spiro atoms. The van der Waals surface area contributed by atoms with Crippen molar-refractivity contribution in [2.75, 3.05) is 26.5 Å². The van der Waals surface area contributed by atoms with E-state index in [0.717, 1.165) is 11.1 Å². The van der Waals surface area contributed by atoms with E-state index in [2.05, 4.69) is 15.6 Å². The summed E-state index contributed by atoms with van der Waals surface area (Å²) >= 11 is 5.92. The molecular formula is C19H24ClN3O3S. The van der Waals surface area contributed by atoms with Crippen molar-refractivity contribution in [3.05, 3.63) is 58.6 Å². The monoisotopic (exact) mass is 409 g/mol. The summed E-state index contributed by atoms with van der Waals surface area (Å²) in [7, 11) is -1.52. The molecule has 0 bridgehead atoms. The van der Waals surface area contributed by atoms with E-state index < -0.39 is 9.84 Å². The second-order valence-corrected chi connectivity index (χ2v) is 8.45. The summed E-state index contributed by atoms with van der Waals surface area (Å²) in [6.45, 7) is 3.35. The van der Waals surface area contributed by atoms with Crippen LogP contribution in [0, 0.1) is 6.92 Å². The van der Waals surface area contributed by atoms with Gasteiger partial charge in [-0.15, -0.1) is 0 Å². The topological polar surface area (TPSA) is 79.8 Å². The molecule has 0 aliphatic carbocycles. The van der Waals surface area contributed by atoms with E-state index in [0.29, 0.717) is 41.3 Å². The lowest BCUT2D eigenvalue weighted by atomic mass is 10.1. The molecule has 0 aliphatic heterocycles. The summed E-state index contributed by atoms with van der Waals surface area (Å²) < 4.78 is 29.0. The van der Waals surface area contributed by atoms with E-state index in [1.807, 2.05) is 18.2 Å². The van der Waals surface area contributed by atoms with Gasteiger partial charge in [0.25, 0.3) is 0 Å². The van der Waals surface area contributed by atoms with E-state index in [9.17, 15) is 8.42 Å². The molecule has 0 aliphatic rings. The number of aryl methyl sites for hydroxylation is 1. The van der Waals surface area contributed by atoms with Gasteiger partial charge in [0, 0.05) is 24.9 Å². The van der Waals surface area contributed by atoms with Gasteiger partial charge in [-0.3, -0.25) is 4.99 Å². The Morgan fingerprint density at radius 2 is 1.96 bits per heavy atom. The molecule has 0 unspecified atom stereocenters. The molecule has 2 aromatic rings. The maximum absolute atomic E-state index is 11.7. The van der Waals surface area contributed by atoms with Crippen LogP contribution < -0.4 is 15.4 Å². The molecule has 2 rings (SSSR count). The van der Waals surface area contributed by atoms with Crippen molar-refractivity contribution in [3.63, 3.8) is 0 Å². The number of benzene rings is 2. The predicted molar refractivity (Wildman–Crippen MR) is 109 cm³/mol. The van der Waals surface area contributed by atoms with Gasteiger partial charge in [0.1, 0.15) is 12.4 Å². The third kappa shape index (κ3) is 6.77. The maximum Gasteiger partial charge on any atom is 0.191 e. The van der Waals surface area contributed by atoms with Gasteiger partial charge in [0.05, 0.1) is 11.4 Å². The highest BCUT2D eigenvalue weighted by atomic mass is 35.5. The van der Waals surface area contributed by atoms with Crippen molar-refractivity contribution in [2.24, 2.45) is 4.99 Å². The number of aliphatic imine (C=N–C) groups is 1. The lowest BCUT2D eigenvalue weighted by Crippen LogP contribution is -2.38. The van der Waals surface area contributed by atoms with Crippen LogP contribution in [0.1, 0.15) is 11.1 Å². The molecule has 27 heavy (non-hydrogen) atoms. The minimum absolute atomic E-state index is 0.354. The standard InChI is InChI=1S/C19H24ClN3O3S/c1-14-11-15(7-8-18(14)27(3,24)25)13-23-19(21-2)22-9-10-26-17-6-4-5-16(20)12-17/h4-8,11-12H,9-10,13H2,1-3H3,(H2,21,22,23). The van der Waals surface area contributed by atoms with Crippen molar-refractivity contribution in [1.82, 2.24) is 10.6 Å². The van der Waals surface area contributed by atoms with Crippen molar-refractivity contribution in [2.45, 2.75) is 18.4 Å². The number of hydrogen-bond acceptors (Lipinski definition) is 4. The van der Waals surface area contributed by atoms with Gasteiger partial charge in [-0.1, -0.05) is 29.8 Å². The SMILES string of the molecule is CN=C(NCCOc1cccc(Cl)c1)NCc1ccc(S(C)(=O)=O)c(C)c1. The van der Waals surface area contributed by atoms with Crippen LogP contribution in [0.4, 0.5) is 0 Å². The van der Waals surface area contributed by atoms with Gasteiger partial charge in [0.2, 0.25) is 0 Å². The molecular weight excluding hydrogens is 386 g/mol. The fourth-order valence-corrected chi connectivity index (χ4v) is 3.68. The lowest BCUT2D eigenvalue weighted by molar-refractivity contribution is 0.322. The average molecular weight is 410 g/mol. The number of ether oxygens (including phenoxy) is 1. The van der Waals surface area contributed by atoms with E-state index in [1.165, 1.54) is 6.26 Å². The summed E-state index contributed by atoms with van der Waals surface area (Å²) in [4.78, 5) is 4.52. The number of rotatable bonds is 7. The Labute approximate surface area is 165 Å². The van der Waals surface area contributed by atoms with Crippen molar-refractivity contribution in [1.29, 1.82) is 0 Å². The van der Waals surface area contributed by atoms with Crippen LogP contribution in [-0.4, -0.2) is 40.8 Å². The number of guanidine groups is 1. The first kappa shape index (κ1) is 21.1. The molecule has 0 saturated heterocycles. The molecule has 8 heteroatoms. The quantitative estimate of drug-likeness (QED) is 0.417. The predicted octanol–water partition coefficient (Wildman–Crippen LogP) is 2.80. The summed E-state index contributed by atoms with van der Waals surface area (Å²) in [6.07, 6.45) is 1.21. The number of hydrogen-bond donors (Lipinski definition) is 2. The lowest BCUT2D eigenvalue weighted by Gasteiger charge is -2.13. The van der Waals surface area contributed by atoms with Gasteiger partial charge < -0.3 is 15.4 Å². The molecule has 2 aromatic carbocycles. The summed E-state index contributed by atoms with van der Waals surface area (Å²) in [5.41, 5.74) is 1.70. The largest absolute Gasteiger partial charge is 0.492 e. The van der Waals surface area contributed by atoms with E-state index >= 15 is 0 Å². The highest BCUT2D eigenvalue weighted by molar-refractivity contribution is 7.90. The molecule has 0 heterocycles. The Morgan fingerprint density at radius 3 is 2.59 bits per heavy atom. The van der Waals surface area contributed by atoms with Gasteiger partial charge in [-0.25, -0.2) is 8.42 Å². The zero-order valence-corrected chi connectivity index (χ0v) is 17.2. The van der Waals surface area contributed by atoms with E-state index in [1.54, 1.807) is 38.2 Å². The van der Waals surface area contributed by atoms with Crippen LogP contribution in [-0.2, 0) is 16.4 Å². The number of sulfone groups is 1. The van der Waals surface area contributed by atoms with Crippen LogP contribution >= 0.6 is 11.6 Å². The molecule has 0 amide bonds. The minimum atomic E-state index is -3.21. The first-order valence-corrected chi connectivity index (χ1v) is 10.7. The fourth-order valence-electron chi connectivity index (χ4n) is 2.54. The van der Waals surface area contributed by atoms with Crippen LogP contribution in [0.5, 0.6) is 5.75 Å². The third-order valence-electron chi connectivity index (χ3n) is 3.78. The molecule has 0 radical (unpaired) electrons. The maximum atomic E-state index is 11.7. The Bertz CT molecular complexity index is 914. The summed E-state index contributed by atoms with van der Waals surface area (Å²) in [6, 6.07) is 12.5. The van der Waals surface area contributed by atoms with Crippen LogP contribution in [0.3, 0.4) is 0 Å². The zero-order valence-electron chi connectivity index (χ0n) is 15.6. The molecule has 0 aromatic heterocycles. The fraction of sp³-hybridized carbons (Fsp3) is 0.316. The third-order valence-corrected chi connectivity index (χ3v) is 5.27. The first-order valence-electron chi connectivity index (χ1n) is 8.42. The van der Waals surface area contributed by atoms with Crippen LogP contribution in [0.2, 0.25) is 5.02 Å². The average Bonchev–Trinajstić information content (AvgIpc) is 2.60. The zero-order chi connectivity index (χ0) is 19.9. The minimum Gasteiger partial charge on any atom is -0.492 e. The molecule has 0 fully saturated rings. The van der Waals surface area contributed by atoms with E-state index in [-0.39, 0.29) is 0 Å². The van der Waals surface area contributed by atoms with E-state index in [4.69, 9.17) is 16.3 Å². The molecule has 0 atom stereocenters. The normalized spacial score (nSPS) is 11.9. The van der Waals surface area contributed by atoms with Crippen LogP contribution in [0.15, 0.2) is 52.4 Å². The highest BCUT2D eigenvalue weighted by Gasteiger charge is 2.10. The van der Waals surface area contributed by atoms with Gasteiger partial charge in [0.15, 0.2) is 15.8 Å². The Morgan fingerprint density at radius 1 is 1.19 bits per heavy atom. The van der Waals surface area contributed by atoms with Gasteiger partial charge in [-0.05, 0) is 42.3 Å². The first-order chi connectivity index (χ1) is 12.8. The number of halogens is 1. The Balaban J connectivity index is 1.81. The summed E-state index contributed by atoms with van der Waals surface area (Å²) in [5.74, 6) is 1.35. The Hall–Kier alpha value is -2.25.